The summed E-state index contributed by atoms with van der Waals surface area (Å²) >= 11 is 3.67. The average Bonchev–Trinajstić information content (AvgIpc) is 2.41. The molecule has 1 nitrogen and oxygen atoms in total. The Morgan fingerprint density at radius 1 is 1.06 bits per heavy atom. The van der Waals surface area contributed by atoms with Crippen LogP contribution in [-0.4, -0.2) is 6.04 Å². The first-order valence-electron chi connectivity index (χ1n) is 6.36. The lowest BCUT2D eigenvalue weighted by molar-refractivity contribution is 0.476. The summed E-state index contributed by atoms with van der Waals surface area (Å²) in [7, 11) is 0. The molecule has 2 aromatic carbocycles. The molecule has 1 atom stereocenters. The van der Waals surface area contributed by atoms with Crippen molar-refractivity contribution in [1.29, 1.82) is 0 Å². The van der Waals surface area contributed by atoms with Crippen LogP contribution in [0.5, 0.6) is 0 Å². The van der Waals surface area contributed by atoms with Crippen molar-refractivity contribution in [2.75, 3.05) is 0 Å². The molecule has 0 fully saturated rings. The normalized spacial score (nSPS) is 18.4. The van der Waals surface area contributed by atoms with Gasteiger partial charge in [0.1, 0.15) is 0 Å². The number of hydrogen-bond acceptors (Lipinski definition) is 1. The second kappa shape index (κ2) is 5.25. The van der Waals surface area contributed by atoms with Crippen LogP contribution >= 0.6 is 15.9 Å². The number of fused-ring (bicyclic) bond motifs is 1. The number of benzene rings is 2. The van der Waals surface area contributed by atoms with Gasteiger partial charge in [0.2, 0.25) is 0 Å². The minimum Gasteiger partial charge on any atom is -0.309 e. The van der Waals surface area contributed by atoms with Gasteiger partial charge in [-0.05, 0) is 35.6 Å². The Morgan fingerprint density at radius 3 is 2.72 bits per heavy atom. The van der Waals surface area contributed by atoms with E-state index in [1.165, 1.54) is 21.2 Å². The maximum atomic E-state index is 3.67. The number of nitrogens with one attached hydrogen (secondary N) is 1. The third kappa shape index (κ3) is 2.50. The van der Waals surface area contributed by atoms with Crippen molar-refractivity contribution in [2.24, 2.45) is 0 Å². The van der Waals surface area contributed by atoms with Crippen molar-refractivity contribution >= 4 is 15.9 Å². The van der Waals surface area contributed by atoms with E-state index in [0.29, 0.717) is 6.04 Å². The molecule has 1 aliphatic heterocycles. The van der Waals surface area contributed by atoms with Gasteiger partial charge in [0.05, 0.1) is 0 Å². The zero-order valence-electron chi connectivity index (χ0n) is 10.2. The van der Waals surface area contributed by atoms with Gasteiger partial charge in [-0.1, -0.05) is 58.4 Å². The molecule has 18 heavy (non-hydrogen) atoms. The van der Waals surface area contributed by atoms with Gasteiger partial charge >= 0.3 is 0 Å². The van der Waals surface area contributed by atoms with Crippen molar-refractivity contribution in [1.82, 2.24) is 5.32 Å². The Kier molecular flexibility index (Phi) is 3.48. The summed E-state index contributed by atoms with van der Waals surface area (Å²) in [6.07, 6.45) is 2.20. The van der Waals surface area contributed by atoms with E-state index in [0.717, 1.165) is 19.4 Å². The van der Waals surface area contributed by atoms with Gasteiger partial charge in [-0.25, -0.2) is 0 Å². The van der Waals surface area contributed by atoms with Gasteiger partial charge in [0.25, 0.3) is 0 Å². The monoisotopic (exact) mass is 301 g/mol. The first-order valence-corrected chi connectivity index (χ1v) is 7.16. The molecule has 0 bridgehead atoms. The zero-order valence-corrected chi connectivity index (χ0v) is 11.8. The van der Waals surface area contributed by atoms with E-state index < -0.39 is 0 Å². The molecule has 0 aliphatic carbocycles. The lowest BCUT2D eigenvalue weighted by Gasteiger charge is -2.27. The first kappa shape index (κ1) is 11.9. The highest BCUT2D eigenvalue weighted by Crippen LogP contribution is 2.26. The van der Waals surface area contributed by atoms with Crippen molar-refractivity contribution in [2.45, 2.75) is 25.4 Å². The van der Waals surface area contributed by atoms with Crippen molar-refractivity contribution in [3.05, 3.63) is 69.7 Å². The number of halogens is 1. The topological polar surface area (TPSA) is 12.0 Å². The van der Waals surface area contributed by atoms with Crippen LogP contribution in [0.1, 0.15) is 16.7 Å². The Balaban J connectivity index is 1.77. The van der Waals surface area contributed by atoms with Crippen LogP contribution in [0.2, 0.25) is 0 Å². The van der Waals surface area contributed by atoms with E-state index in [-0.39, 0.29) is 0 Å². The summed E-state index contributed by atoms with van der Waals surface area (Å²) in [6, 6.07) is 17.7. The standard InChI is InChI=1S/C16H16BrN/c17-16-8-4-7-13-11-18-14(10-15(13)16)9-12-5-2-1-3-6-12/h1-8,14,18H,9-11H2. The lowest BCUT2D eigenvalue weighted by Crippen LogP contribution is -2.37. The molecule has 0 spiro atoms. The molecule has 0 saturated heterocycles. The summed E-state index contributed by atoms with van der Waals surface area (Å²) in [6.45, 7) is 0.978. The van der Waals surface area contributed by atoms with Gasteiger partial charge in [0.15, 0.2) is 0 Å². The molecule has 1 unspecified atom stereocenters. The highest BCUT2D eigenvalue weighted by molar-refractivity contribution is 9.10. The van der Waals surface area contributed by atoms with Crippen LogP contribution in [0, 0.1) is 0 Å². The Labute approximate surface area is 116 Å². The summed E-state index contributed by atoms with van der Waals surface area (Å²) in [4.78, 5) is 0. The summed E-state index contributed by atoms with van der Waals surface area (Å²) in [5.74, 6) is 0. The molecule has 92 valence electrons. The molecule has 3 rings (SSSR count). The molecule has 0 radical (unpaired) electrons. The fourth-order valence-electron chi connectivity index (χ4n) is 2.61. The van der Waals surface area contributed by atoms with E-state index >= 15 is 0 Å². The second-order valence-corrected chi connectivity index (χ2v) is 5.70. The van der Waals surface area contributed by atoms with Crippen molar-refractivity contribution < 1.29 is 0 Å². The van der Waals surface area contributed by atoms with E-state index in [2.05, 4.69) is 69.8 Å². The third-order valence-corrected chi connectivity index (χ3v) is 4.32. The first-order chi connectivity index (χ1) is 8.83. The number of hydrogen-bond donors (Lipinski definition) is 1. The smallest absolute Gasteiger partial charge is 0.0211 e. The maximum Gasteiger partial charge on any atom is 0.0211 e. The predicted molar refractivity (Wildman–Crippen MR) is 78.6 cm³/mol. The molecule has 0 amide bonds. The minimum atomic E-state index is 0.540. The predicted octanol–water partition coefficient (Wildman–Crippen LogP) is 3.71. The molecule has 2 heteroatoms. The van der Waals surface area contributed by atoms with Crippen LogP contribution in [0.15, 0.2) is 53.0 Å². The van der Waals surface area contributed by atoms with Crippen molar-refractivity contribution in [3.8, 4) is 0 Å². The molecular formula is C16H16BrN. The SMILES string of the molecule is Brc1cccc2c1CC(Cc1ccccc1)NC2. The molecule has 1 aliphatic rings. The minimum absolute atomic E-state index is 0.540. The van der Waals surface area contributed by atoms with Gasteiger partial charge in [-0.3, -0.25) is 0 Å². The molecule has 0 aromatic heterocycles. The number of rotatable bonds is 2. The third-order valence-electron chi connectivity index (χ3n) is 3.57. The highest BCUT2D eigenvalue weighted by atomic mass is 79.9. The Bertz CT molecular complexity index is 536. The van der Waals surface area contributed by atoms with Gasteiger partial charge in [0, 0.05) is 17.1 Å². The highest BCUT2D eigenvalue weighted by Gasteiger charge is 2.19. The zero-order chi connectivity index (χ0) is 12.4. The summed E-state index contributed by atoms with van der Waals surface area (Å²) in [5, 5.41) is 3.63. The van der Waals surface area contributed by atoms with Gasteiger partial charge in [-0.15, -0.1) is 0 Å². The second-order valence-electron chi connectivity index (χ2n) is 4.85. The largest absolute Gasteiger partial charge is 0.309 e. The van der Waals surface area contributed by atoms with Crippen LogP contribution in [0.25, 0.3) is 0 Å². The molecule has 1 heterocycles. The van der Waals surface area contributed by atoms with E-state index in [1.807, 2.05) is 0 Å². The maximum absolute atomic E-state index is 3.67. The van der Waals surface area contributed by atoms with Gasteiger partial charge < -0.3 is 5.32 Å². The van der Waals surface area contributed by atoms with E-state index in [4.69, 9.17) is 0 Å². The van der Waals surface area contributed by atoms with E-state index in [1.54, 1.807) is 0 Å². The quantitative estimate of drug-likeness (QED) is 0.892. The Morgan fingerprint density at radius 2 is 1.89 bits per heavy atom. The Hall–Kier alpha value is -1.12. The van der Waals surface area contributed by atoms with Crippen LogP contribution in [-0.2, 0) is 19.4 Å². The van der Waals surface area contributed by atoms with Crippen LogP contribution < -0.4 is 5.32 Å². The molecular weight excluding hydrogens is 286 g/mol. The van der Waals surface area contributed by atoms with E-state index in [9.17, 15) is 0 Å². The fraction of sp³-hybridized carbons (Fsp3) is 0.250. The molecule has 0 saturated carbocycles. The fourth-order valence-corrected chi connectivity index (χ4v) is 3.18. The molecule has 2 aromatic rings. The lowest BCUT2D eigenvalue weighted by atomic mass is 9.92. The van der Waals surface area contributed by atoms with Crippen molar-refractivity contribution in [3.63, 3.8) is 0 Å². The van der Waals surface area contributed by atoms with Crippen LogP contribution in [0.4, 0.5) is 0 Å². The average molecular weight is 302 g/mol. The summed E-state index contributed by atoms with van der Waals surface area (Å²) in [5.41, 5.74) is 4.30. The van der Waals surface area contributed by atoms with Crippen LogP contribution in [0.3, 0.4) is 0 Å². The van der Waals surface area contributed by atoms with Gasteiger partial charge in [-0.2, -0.15) is 0 Å². The molecule has 1 N–H and O–H groups in total. The summed E-state index contributed by atoms with van der Waals surface area (Å²) < 4.78 is 1.25.